The minimum Gasteiger partial charge on any atom is -0.488 e. The molecule has 2 aromatic carbocycles. The number of ether oxygens (including phenoxy) is 1. The molecule has 5 heteroatoms. The third-order valence-corrected chi connectivity index (χ3v) is 4.46. The van der Waals surface area contributed by atoms with Crippen LogP contribution in [0, 0.1) is 20.8 Å². The fourth-order valence-corrected chi connectivity index (χ4v) is 2.80. The van der Waals surface area contributed by atoms with E-state index in [0.717, 1.165) is 23.3 Å². The summed E-state index contributed by atoms with van der Waals surface area (Å²) in [5.41, 5.74) is 4.30. The predicted octanol–water partition coefficient (Wildman–Crippen LogP) is 4.15. The first-order chi connectivity index (χ1) is 13.0. The number of benzene rings is 2. The fourth-order valence-electron chi connectivity index (χ4n) is 2.80. The molecule has 0 fully saturated rings. The maximum Gasteiger partial charge on any atom is 0.273 e. The Morgan fingerprint density at radius 1 is 1.11 bits per heavy atom. The van der Waals surface area contributed by atoms with E-state index in [1.54, 1.807) is 6.92 Å². The first-order valence-electron chi connectivity index (χ1n) is 9.02. The number of carbonyl (C=O) groups is 1. The van der Waals surface area contributed by atoms with Gasteiger partial charge < -0.3 is 14.6 Å². The van der Waals surface area contributed by atoms with Gasteiger partial charge in [0.1, 0.15) is 18.1 Å². The number of carbonyl (C=O) groups excluding carboxylic acids is 1. The normalized spacial score (nSPS) is 10.6. The van der Waals surface area contributed by atoms with Crippen LogP contribution in [0.1, 0.15) is 38.5 Å². The van der Waals surface area contributed by atoms with Crippen LogP contribution in [0.5, 0.6) is 5.75 Å². The smallest absolute Gasteiger partial charge is 0.273 e. The molecule has 0 saturated heterocycles. The van der Waals surface area contributed by atoms with Gasteiger partial charge in [0, 0.05) is 6.54 Å². The van der Waals surface area contributed by atoms with Crippen LogP contribution in [0.4, 0.5) is 0 Å². The van der Waals surface area contributed by atoms with Crippen LogP contribution in [0.2, 0.25) is 0 Å². The third-order valence-electron chi connectivity index (χ3n) is 4.46. The highest BCUT2D eigenvalue weighted by molar-refractivity contribution is 5.93. The highest BCUT2D eigenvalue weighted by Gasteiger charge is 2.20. The summed E-state index contributed by atoms with van der Waals surface area (Å²) < 4.78 is 11.2. The van der Waals surface area contributed by atoms with E-state index in [2.05, 4.69) is 10.5 Å². The van der Waals surface area contributed by atoms with E-state index < -0.39 is 0 Å². The second kappa shape index (κ2) is 8.54. The van der Waals surface area contributed by atoms with Gasteiger partial charge in [0.05, 0.1) is 5.56 Å². The molecule has 1 aromatic heterocycles. The first kappa shape index (κ1) is 18.7. The minimum atomic E-state index is -0.248. The monoisotopic (exact) mass is 364 g/mol. The number of nitrogens with zero attached hydrogens (tertiary/aromatic N) is 1. The largest absolute Gasteiger partial charge is 0.488 e. The third kappa shape index (κ3) is 4.76. The summed E-state index contributed by atoms with van der Waals surface area (Å²) in [6, 6.07) is 16.1. The van der Waals surface area contributed by atoms with Crippen molar-refractivity contribution in [3.63, 3.8) is 0 Å². The number of hydrogen-bond donors (Lipinski definition) is 1. The molecule has 0 aliphatic carbocycles. The molecule has 0 aliphatic heterocycles. The van der Waals surface area contributed by atoms with E-state index in [1.165, 1.54) is 5.56 Å². The lowest BCUT2D eigenvalue weighted by Gasteiger charge is -2.10. The van der Waals surface area contributed by atoms with Crippen molar-refractivity contribution < 1.29 is 14.1 Å². The molecule has 0 saturated carbocycles. The van der Waals surface area contributed by atoms with Gasteiger partial charge >= 0.3 is 0 Å². The van der Waals surface area contributed by atoms with Gasteiger partial charge in [-0.15, -0.1) is 0 Å². The van der Waals surface area contributed by atoms with Gasteiger partial charge in [-0.25, -0.2) is 0 Å². The highest BCUT2D eigenvalue weighted by Crippen LogP contribution is 2.22. The Bertz CT molecular complexity index is 917. The van der Waals surface area contributed by atoms with E-state index in [1.807, 2.05) is 62.4 Å². The van der Waals surface area contributed by atoms with Crippen LogP contribution in [0.25, 0.3) is 0 Å². The molecule has 0 bridgehead atoms. The molecule has 1 amide bonds. The summed E-state index contributed by atoms with van der Waals surface area (Å²) in [6.07, 6.45) is 0.762. The molecule has 3 aromatic rings. The molecule has 140 valence electrons. The lowest BCUT2D eigenvalue weighted by Crippen LogP contribution is -2.27. The van der Waals surface area contributed by atoms with Gasteiger partial charge in [-0.05, 0) is 49.9 Å². The van der Waals surface area contributed by atoms with Crippen molar-refractivity contribution in [3.05, 3.63) is 82.2 Å². The molecule has 1 heterocycles. The minimum absolute atomic E-state index is 0.237. The Balaban J connectivity index is 1.63. The second-order valence-corrected chi connectivity index (χ2v) is 6.62. The average molecular weight is 364 g/mol. The van der Waals surface area contributed by atoms with Crippen LogP contribution in [0.15, 0.2) is 53.1 Å². The molecular formula is C22H24N2O3. The van der Waals surface area contributed by atoms with Crippen molar-refractivity contribution in [2.45, 2.75) is 33.8 Å². The topological polar surface area (TPSA) is 64.4 Å². The quantitative estimate of drug-likeness (QED) is 0.684. The van der Waals surface area contributed by atoms with Crippen LogP contribution in [-0.4, -0.2) is 17.6 Å². The Labute approximate surface area is 159 Å². The molecule has 0 atom stereocenters. The highest BCUT2D eigenvalue weighted by atomic mass is 16.5. The Morgan fingerprint density at radius 2 is 1.89 bits per heavy atom. The molecule has 1 N–H and O–H groups in total. The van der Waals surface area contributed by atoms with E-state index >= 15 is 0 Å². The number of hydrogen-bond acceptors (Lipinski definition) is 4. The lowest BCUT2D eigenvalue weighted by atomic mass is 10.1. The second-order valence-electron chi connectivity index (χ2n) is 6.62. The number of aromatic nitrogens is 1. The number of nitrogens with one attached hydrogen (secondary N) is 1. The average Bonchev–Trinajstić information content (AvgIpc) is 3.04. The molecule has 3 rings (SSSR count). The molecular weight excluding hydrogens is 340 g/mol. The summed E-state index contributed by atoms with van der Waals surface area (Å²) in [6.45, 7) is 6.57. The number of aryl methyl sites for hydroxylation is 3. The molecule has 0 unspecified atom stereocenters. The molecule has 5 nitrogen and oxygen atoms in total. The Morgan fingerprint density at radius 3 is 2.67 bits per heavy atom. The zero-order valence-corrected chi connectivity index (χ0v) is 15.9. The molecule has 0 aliphatic rings. The summed E-state index contributed by atoms with van der Waals surface area (Å²) >= 11 is 0. The van der Waals surface area contributed by atoms with Crippen molar-refractivity contribution in [1.82, 2.24) is 10.5 Å². The van der Waals surface area contributed by atoms with E-state index in [9.17, 15) is 4.79 Å². The van der Waals surface area contributed by atoms with Crippen LogP contribution in [-0.2, 0) is 13.0 Å². The maximum atomic E-state index is 12.5. The summed E-state index contributed by atoms with van der Waals surface area (Å²) in [5.74, 6) is 1.14. The zero-order valence-electron chi connectivity index (χ0n) is 15.9. The standard InChI is InChI=1S/C22H24N2O3/c1-15-9-10-16(2)20(13-15)26-14-19-17(3)27-24-21(19)22(25)23-12-11-18-7-5-4-6-8-18/h4-10,13H,11-12,14H2,1-3H3,(H,23,25). The van der Waals surface area contributed by atoms with Gasteiger partial charge in [-0.2, -0.15) is 0 Å². The zero-order chi connectivity index (χ0) is 19.2. The summed E-state index contributed by atoms with van der Waals surface area (Å²) in [7, 11) is 0. The Kier molecular flexibility index (Phi) is 5.91. The van der Waals surface area contributed by atoms with Crippen molar-refractivity contribution in [3.8, 4) is 5.75 Å². The summed E-state index contributed by atoms with van der Waals surface area (Å²) in [5, 5.41) is 6.83. The number of rotatable bonds is 7. The Hall–Kier alpha value is -3.08. The van der Waals surface area contributed by atoms with Crippen LogP contribution >= 0.6 is 0 Å². The van der Waals surface area contributed by atoms with Gasteiger partial charge in [0.15, 0.2) is 5.69 Å². The molecule has 27 heavy (non-hydrogen) atoms. The number of amides is 1. The van der Waals surface area contributed by atoms with E-state index in [-0.39, 0.29) is 18.2 Å². The van der Waals surface area contributed by atoms with Crippen molar-refractivity contribution in [2.75, 3.05) is 6.54 Å². The lowest BCUT2D eigenvalue weighted by molar-refractivity contribution is 0.0943. The van der Waals surface area contributed by atoms with Crippen LogP contribution < -0.4 is 10.1 Å². The predicted molar refractivity (Wildman–Crippen MR) is 104 cm³/mol. The molecule has 0 radical (unpaired) electrons. The SMILES string of the molecule is Cc1ccc(C)c(OCc2c(C(=O)NCCc3ccccc3)noc2C)c1. The fraction of sp³-hybridized carbons (Fsp3) is 0.273. The van der Waals surface area contributed by atoms with Gasteiger partial charge in [0.2, 0.25) is 0 Å². The van der Waals surface area contributed by atoms with Crippen LogP contribution in [0.3, 0.4) is 0 Å². The van der Waals surface area contributed by atoms with Crippen molar-refractivity contribution >= 4 is 5.91 Å². The van der Waals surface area contributed by atoms with Gasteiger partial charge in [0.25, 0.3) is 5.91 Å². The first-order valence-corrected chi connectivity index (χ1v) is 9.02. The van der Waals surface area contributed by atoms with Gasteiger partial charge in [-0.1, -0.05) is 47.6 Å². The van der Waals surface area contributed by atoms with Gasteiger partial charge in [-0.3, -0.25) is 4.79 Å². The molecule has 0 spiro atoms. The maximum absolute atomic E-state index is 12.5. The van der Waals surface area contributed by atoms with Crippen molar-refractivity contribution in [2.24, 2.45) is 0 Å². The van der Waals surface area contributed by atoms with Crippen molar-refractivity contribution in [1.29, 1.82) is 0 Å². The van der Waals surface area contributed by atoms with E-state index in [0.29, 0.717) is 17.9 Å². The summed E-state index contributed by atoms with van der Waals surface area (Å²) in [4.78, 5) is 12.5. The van der Waals surface area contributed by atoms with E-state index in [4.69, 9.17) is 9.26 Å².